The summed E-state index contributed by atoms with van der Waals surface area (Å²) in [4.78, 5) is 1.78. The van der Waals surface area contributed by atoms with Crippen LogP contribution in [0.3, 0.4) is 0 Å². The van der Waals surface area contributed by atoms with Crippen molar-refractivity contribution in [2.45, 2.75) is 26.4 Å². The molecular weight excluding hydrogens is 271 g/mol. The van der Waals surface area contributed by atoms with E-state index in [0.29, 0.717) is 31.2 Å². The molecule has 0 saturated heterocycles. The fraction of sp³-hybridized carbons (Fsp3) is 0.583. The smallest absolute Gasteiger partial charge is 0.388 e. The number of rotatable bonds is 6. The molecule has 3 N–H and O–H groups in total. The maximum Gasteiger partial charge on any atom is 0.435 e. The average Bonchev–Trinajstić information content (AvgIpc) is 2.33. The van der Waals surface area contributed by atoms with Gasteiger partial charge in [0, 0.05) is 19.5 Å². The minimum atomic E-state index is -4.49. The highest BCUT2D eigenvalue weighted by molar-refractivity contribution is 5.77. The van der Waals surface area contributed by atoms with Crippen LogP contribution < -0.4 is 10.6 Å². The van der Waals surface area contributed by atoms with E-state index in [2.05, 4.69) is 10.2 Å². The fourth-order valence-corrected chi connectivity index (χ4v) is 1.64. The Balaban J connectivity index is 2.87. The lowest BCUT2D eigenvalue weighted by molar-refractivity contribution is -0.141. The lowest BCUT2D eigenvalue weighted by Gasteiger charge is -2.25. The Morgan fingerprint density at radius 1 is 1.35 bits per heavy atom. The van der Waals surface area contributed by atoms with Crippen LogP contribution in [-0.2, 0) is 6.18 Å². The molecule has 0 atom stereocenters. The van der Waals surface area contributed by atoms with Crippen molar-refractivity contribution < 1.29 is 13.2 Å². The number of anilines is 1. The lowest BCUT2D eigenvalue weighted by Crippen LogP contribution is -2.32. The SMILES string of the molecule is CC(C)CN(CCC(=N)N)c1ccc(C(F)(F)F)nn1. The Morgan fingerprint density at radius 3 is 2.40 bits per heavy atom. The van der Waals surface area contributed by atoms with E-state index < -0.39 is 11.9 Å². The summed E-state index contributed by atoms with van der Waals surface area (Å²) in [5.41, 5.74) is 4.29. The summed E-state index contributed by atoms with van der Waals surface area (Å²) in [7, 11) is 0. The van der Waals surface area contributed by atoms with E-state index in [4.69, 9.17) is 11.1 Å². The molecule has 0 bridgehead atoms. The van der Waals surface area contributed by atoms with Gasteiger partial charge in [0.05, 0.1) is 5.84 Å². The standard InChI is InChI=1S/C12H18F3N5/c1-8(2)7-20(6-5-10(16)17)11-4-3-9(18-19-11)12(13,14)15/h3-4,8H,5-7H2,1-2H3,(H3,16,17). The molecule has 0 radical (unpaired) electrons. The third-order valence-electron chi connectivity index (χ3n) is 2.50. The first-order valence-corrected chi connectivity index (χ1v) is 6.19. The van der Waals surface area contributed by atoms with Gasteiger partial charge < -0.3 is 10.6 Å². The molecule has 112 valence electrons. The normalized spacial score (nSPS) is 11.7. The molecule has 1 aromatic heterocycles. The Kier molecular flexibility index (Phi) is 5.29. The van der Waals surface area contributed by atoms with Gasteiger partial charge in [-0.1, -0.05) is 13.8 Å². The number of nitrogens with two attached hydrogens (primary N) is 1. The third kappa shape index (κ3) is 5.02. The van der Waals surface area contributed by atoms with Gasteiger partial charge in [-0.2, -0.15) is 13.2 Å². The van der Waals surface area contributed by atoms with Gasteiger partial charge in [-0.25, -0.2) is 0 Å². The number of halogens is 3. The van der Waals surface area contributed by atoms with Crippen molar-refractivity contribution in [3.63, 3.8) is 0 Å². The summed E-state index contributed by atoms with van der Waals surface area (Å²) < 4.78 is 37.3. The van der Waals surface area contributed by atoms with Crippen molar-refractivity contribution in [2.24, 2.45) is 11.7 Å². The average molecular weight is 289 g/mol. The van der Waals surface area contributed by atoms with Crippen LogP contribution in [0, 0.1) is 11.3 Å². The summed E-state index contributed by atoms with van der Waals surface area (Å²) >= 11 is 0. The van der Waals surface area contributed by atoms with Gasteiger partial charge in [0.1, 0.15) is 0 Å². The molecule has 8 heteroatoms. The summed E-state index contributed by atoms with van der Waals surface area (Å²) in [6, 6.07) is 2.20. The van der Waals surface area contributed by atoms with Gasteiger partial charge in [-0.3, -0.25) is 5.41 Å². The molecule has 0 aromatic carbocycles. The zero-order valence-electron chi connectivity index (χ0n) is 11.4. The van der Waals surface area contributed by atoms with Crippen molar-refractivity contribution in [2.75, 3.05) is 18.0 Å². The number of alkyl halides is 3. The van der Waals surface area contributed by atoms with Gasteiger partial charge >= 0.3 is 6.18 Å². The van der Waals surface area contributed by atoms with Crippen LogP contribution in [-0.4, -0.2) is 29.1 Å². The van der Waals surface area contributed by atoms with Crippen LogP contribution >= 0.6 is 0 Å². The van der Waals surface area contributed by atoms with Crippen LogP contribution in [0.5, 0.6) is 0 Å². The van der Waals surface area contributed by atoms with E-state index in [1.165, 1.54) is 6.07 Å². The van der Waals surface area contributed by atoms with Crippen LogP contribution in [0.15, 0.2) is 12.1 Å². The minimum Gasteiger partial charge on any atom is -0.388 e. The molecular formula is C12H18F3N5. The van der Waals surface area contributed by atoms with Gasteiger partial charge in [0.2, 0.25) is 0 Å². The van der Waals surface area contributed by atoms with E-state index >= 15 is 0 Å². The van der Waals surface area contributed by atoms with E-state index in [0.717, 1.165) is 6.07 Å². The second-order valence-electron chi connectivity index (χ2n) is 4.89. The summed E-state index contributed by atoms with van der Waals surface area (Å²) in [6.45, 7) is 5.00. The predicted octanol–water partition coefficient (Wildman–Crippen LogP) is 2.28. The molecule has 0 aliphatic carbocycles. The van der Waals surface area contributed by atoms with Gasteiger partial charge in [0.25, 0.3) is 0 Å². The molecule has 0 aliphatic rings. The second kappa shape index (κ2) is 6.53. The first-order valence-electron chi connectivity index (χ1n) is 6.19. The maximum atomic E-state index is 12.4. The Hall–Kier alpha value is -1.86. The molecule has 1 aromatic rings. The Morgan fingerprint density at radius 2 is 2.00 bits per heavy atom. The maximum absolute atomic E-state index is 12.4. The highest BCUT2D eigenvalue weighted by atomic mass is 19.4. The quantitative estimate of drug-likeness (QED) is 0.622. The third-order valence-corrected chi connectivity index (χ3v) is 2.50. The van der Waals surface area contributed by atoms with E-state index in [9.17, 15) is 13.2 Å². The topological polar surface area (TPSA) is 78.9 Å². The van der Waals surface area contributed by atoms with Gasteiger partial charge in [0.15, 0.2) is 11.5 Å². The Labute approximate surface area is 115 Å². The molecule has 1 heterocycles. The van der Waals surface area contributed by atoms with Crippen LogP contribution in [0.25, 0.3) is 0 Å². The van der Waals surface area contributed by atoms with E-state index in [-0.39, 0.29) is 5.84 Å². The molecule has 0 amide bonds. The number of hydrogen-bond donors (Lipinski definition) is 2. The second-order valence-corrected chi connectivity index (χ2v) is 4.89. The van der Waals surface area contributed by atoms with Crippen LogP contribution in [0.2, 0.25) is 0 Å². The van der Waals surface area contributed by atoms with Crippen molar-refractivity contribution in [1.82, 2.24) is 10.2 Å². The largest absolute Gasteiger partial charge is 0.435 e. The predicted molar refractivity (Wildman–Crippen MR) is 70.6 cm³/mol. The van der Waals surface area contributed by atoms with E-state index in [1.54, 1.807) is 4.90 Å². The Bertz CT molecular complexity index is 441. The lowest BCUT2D eigenvalue weighted by atomic mass is 10.2. The molecule has 20 heavy (non-hydrogen) atoms. The van der Waals surface area contributed by atoms with Crippen molar-refractivity contribution in [3.8, 4) is 0 Å². The summed E-state index contributed by atoms with van der Waals surface area (Å²) in [6.07, 6.45) is -4.16. The minimum absolute atomic E-state index is 0.0265. The molecule has 0 saturated carbocycles. The first-order chi connectivity index (χ1) is 9.20. The zero-order valence-corrected chi connectivity index (χ0v) is 11.4. The number of nitrogens with one attached hydrogen (secondary N) is 1. The van der Waals surface area contributed by atoms with Gasteiger partial charge in [-0.05, 0) is 18.1 Å². The van der Waals surface area contributed by atoms with Crippen molar-refractivity contribution >= 4 is 11.7 Å². The van der Waals surface area contributed by atoms with E-state index in [1.807, 2.05) is 13.8 Å². The number of aromatic nitrogens is 2. The number of amidine groups is 1. The number of nitrogens with zero attached hydrogens (tertiary/aromatic N) is 3. The van der Waals surface area contributed by atoms with Crippen molar-refractivity contribution in [3.05, 3.63) is 17.8 Å². The summed E-state index contributed by atoms with van der Waals surface area (Å²) in [5, 5.41) is 14.0. The monoisotopic (exact) mass is 289 g/mol. The van der Waals surface area contributed by atoms with Crippen molar-refractivity contribution in [1.29, 1.82) is 5.41 Å². The zero-order chi connectivity index (χ0) is 15.3. The molecule has 0 aliphatic heterocycles. The molecule has 1 rings (SSSR count). The molecule has 0 fully saturated rings. The summed E-state index contributed by atoms with van der Waals surface area (Å²) in [5.74, 6) is 0.678. The molecule has 0 spiro atoms. The number of hydrogen-bond acceptors (Lipinski definition) is 4. The highest BCUT2D eigenvalue weighted by Gasteiger charge is 2.33. The highest BCUT2D eigenvalue weighted by Crippen LogP contribution is 2.27. The first kappa shape index (κ1) is 16.2. The fourth-order valence-electron chi connectivity index (χ4n) is 1.64. The molecule has 5 nitrogen and oxygen atoms in total. The van der Waals surface area contributed by atoms with Crippen LogP contribution in [0.1, 0.15) is 26.0 Å². The molecule has 0 unspecified atom stereocenters. The van der Waals surface area contributed by atoms with Gasteiger partial charge in [-0.15, -0.1) is 10.2 Å². The van der Waals surface area contributed by atoms with Crippen LogP contribution in [0.4, 0.5) is 19.0 Å².